The molecule has 0 amide bonds. The maximum absolute atomic E-state index is 0. The van der Waals surface area contributed by atoms with E-state index in [9.17, 15) is 0 Å². The Morgan fingerprint density at radius 1 is 1.00 bits per heavy atom. The zero-order chi connectivity index (χ0) is 0. The molecule has 0 aliphatic rings. The van der Waals surface area contributed by atoms with Gasteiger partial charge >= 0.3 is 0 Å². The number of hydrogen-bond donors (Lipinski definition) is 0. The van der Waals surface area contributed by atoms with Gasteiger partial charge in [0.2, 0.25) is 0 Å². The average molecular weight is 299 g/mol. The molecular weight excluding hydrogens is 295 g/mol. The van der Waals surface area contributed by atoms with Crippen LogP contribution in [0.3, 0.4) is 0 Å². The minimum Gasteiger partial charge on any atom is -0.0776 e. The summed E-state index contributed by atoms with van der Waals surface area (Å²) in [6.07, 6.45) is 0. The third kappa shape index (κ3) is 31.1. The van der Waals surface area contributed by atoms with E-state index in [1.807, 2.05) is 0 Å². The molecule has 0 aromatic heterocycles. The Labute approximate surface area is 91.4 Å². The summed E-state index contributed by atoms with van der Waals surface area (Å²) in [7, 11) is 0. The van der Waals surface area contributed by atoms with Crippen molar-refractivity contribution in [2.75, 3.05) is 0 Å². The molecule has 0 nitrogen and oxygen atoms in total. The predicted octanol–water partition coefficient (Wildman–Crippen LogP) is 0.245. The summed E-state index contributed by atoms with van der Waals surface area (Å²) < 4.78 is 0. The minimum atomic E-state index is 0. The van der Waals surface area contributed by atoms with E-state index in [1.165, 1.54) is 0 Å². The molecule has 5 radical (unpaired) electrons. The van der Waals surface area contributed by atoms with Crippen LogP contribution in [0.4, 0.5) is 0 Å². The van der Waals surface area contributed by atoms with E-state index in [0.717, 1.165) is 0 Å². The van der Waals surface area contributed by atoms with Gasteiger partial charge < -0.3 is 0 Å². The first-order valence-corrected chi connectivity index (χ1v) is 0. The molecule has 0 aliphatic carbocycles. The first kappa shape index (κ1) is 75.2. The van der Waals surface area contributed by atoms with E-state index in [1.54, 1.807) is 0 Å². The van der Waals surface area contributed by atoms with Crippen LogP contribution in [0.25, 0.3) is 0 Å². The van der Waals surface area contributed by atoms with Gasteiger partial charge in [-0.25, -0.2) is 0 Å². The molecule has 0 fully saturated rings. The van der Waals surface area contributed by atoms with Crippen molar-refractivity contribution in [2.45, 2.75) is 7.43 Å². The average Bonchev–Trinajstić information content (AvgIpc) is 0. The van der Waals surface area contributed by atoms with Crippen molar-refractivity contribution in [1.82, 2.24) is 0 Å². The molecule has 0 saturated carbocycles. The minimum absolute atomic E-state index is 0. The van der Waals surface area contributed by atoms with Crippen LogP contribution in [-0.2, 0) is 74.1 Å². The Hall–Kier alpha value is 2.54. The molecule has 0 N–H and O–H groups in total. The molecule has 0 heterocycles. The third-order valence-corrected chi connectivity index (χ3v) is 0. The monoisotopic (exact) mass is 301 g/mol. The molecular formula is CH4CrFeMoSiV. The Morgan fingerprint density at radius 3 is 1.00 bits per heavy atom. The van der Waals surface area contributed by atoms with Crippen LogP contribution >= 0.6 is 0 Å². The fraction of sp³-hybridized carbons (Fsp3) is 1.00. The molecule has 0 spiro atoms. The molecule has 0 aromatic carbocycles. The molecule has 0 atom stereocenters. The zero-order valence-electron chi connectivity index (χ0n) is 2.12. The van der Waals surface area contributed by atoms with E-state index < -0.39 is 0 Å². The van der Waals surface area contributed by atoms with Crippen LogP contribution in [0, 0.1) is 0 Å². The summed E-state index contributed by atoms with van der Waals surface area (Å²) in [6, 6.07) is 0. The van der Waals surface area contributed by atoms with E-state index in [4.69, 9.17) is 0 Å². The second-order valence-corrected chi connectivity index (χ2v) is 0. The summed E-state index contributed by atoms with van der Waals surface area (Å²) in [4.78, 5) is 0. The zero-order valence-corrected chi connectivity index (χ0v) is 8.90. The van der Waals surface area contributed by atoms with Gasteiger partial charge in [0, 0.05) is 85.0 Å². The fourth-order valence-corrected chi connectivity index (χ4v) is 0. The summed E-state index contributed by atoms with van der Waals surface area (Å²) in [5, 5.41) is 0. The maximum atomic E-state index is 0. The SMILES string of the molecule is C.[Cr].[Fe].[Mo].[Si].[V]. The van der Waals surface area contributed by atoms with Gasteiger partial charge in [-0.3, -0.25) is 0 Å². The van der Waals surface area contributed by atoms with Crippen molar-refractivity contribution in [1.29, 1.82) is 0 Å². The molecule has 0 rings (SSSR count). The van der Waals surface area contributed by atoms with Crippen molar-refractivity contribution in [2.24, 2.45) is 0 Å². The normalized spacial score (nSPS) is 0. The molecule has 6 heavy (non-hydrogen) atoms. The second kappa shape index (κ2) is 50.0. The maximum Gasteiger partial charge on any atom is 0 e. The first-order chi connectivity index (χ1) is 0. The fourth-order valence-electron chi connectivity index (χ4n) is 0. The summed E-state index contributed by atoms with van der Waals surface area (Å²) in [5.74, 6) is 0. The first-order valence-electron chi connectivity index (χ1n) is 0. The van der Waals surface area contributed by atoms with Crippen molar-refractivity contribution < 1.29 is 74.1 Å². The smallest absolute Gasteiger partial charge is 0 e. The van der Waals surface area contributed by atoms with E-state index >= 15 is 0 Å². The van der Waals surface area contributed by atoms with Crippen LogP contribution in [0.1, 0.15) is 7.43 Å². The van der Waals surface area contributed by atoms with Gasteiger partial charge in [0.15, 0.2) is 0 Å². The molecule has 37 valence electrons. The van der Waals surface area contributed by atoms with E-state index in [0.29, 0.717) is 0 Å². The van der Waals surface area contributed by atoms with E-state index in [2.05, 4.69) is 0 Å². The van der Waals surface area contributed by atoms with Crippen LogP contribution in [0.2, 0.25) is 0 Å². The summed E-state index contributed by atoms with van der Waals surface area (Å²) in [5.41, 5.74) is 0. The third-order valence-electron chi connectivity index (χ3n) is 0. The van der Waals surface area contributed by atoms with Gasteiger partial charge in [-0.05, 0) is 0 Å². The number of hydrogen-bond acceptors (Lipinski definition) is 0. The van der Waals surface area contributed by atoms with Crippen molar-refractivity contribution >= 4 is 11.0 Å². The van der Waals surface area contributed by atoms with Crippen LogP contribution < -0.4 is 0 Å². The predicted molar refractivity (Wildman–Crippen MR) is 12.5 cm³/mol. The Kier molecular flexibility index (Phi) is 626. The Morgan fingerprint density at radius 2 is 1.00 bits per heavy atom. The Bertz CT molecular complexity index is 15.5. The topological polar surface area (TPSA) is 0 Å². The largest absolute Gasteiger partial charge is 0.0776 e. The second-order valence-electron chi connectivity index (χ2n) is 0. The Balaban J connectivity index is 0. The summed E-state index contributed by atoms with van der Waals surface area (Å²) in [6.45, 7) is 0. The van der Waals surface area contributed by atoms with Gasteiger partial charge in [-0.2, -0.15) is 0 Å². The van der Waals surface area contributed by atoms with Crippen molar-refractivity contribution in [3.8, 4) is 0 Å². The molecule has 0 bridgehead atoms. The van der Waals surface area contributed by atoms with Crippen LogP contribution in [-0.4, -0.2) is 11.0 Å². The van der Waals surface area contributed by atoms with Gasteiger partial charge in [0.1, 0.15) is 0 Å². The van der Waals surface area contributed by atoms with Crippen molar-refractivity contribution in [3.63, 3.8) is 0 Å². The quantitative estimate of drug-likeness (QED) is 0.562. The summed E-state index contributed by atoms with van der Waals surface area (Å²) >= 11 is 0. The van der Waals surface area contributed by atoms with Gasteiger partial charge in [0.05, 0.1) is 0 Å². The van der Waals surface area contributed by atoms with Gasteiger partial charge in [0.25, 0.3) is 0 Å². The molecule has 0 saturated heterocycles. The molecule has 5 heteroatoms. The number of rotatable bonds is 0. The van der Waals surface area contributed by atoms with Crippen molar-refractivity contribution in [3.05, 3.63) is 0 Å². The van der Waals surface area contributed by atoms with Crippen LogP contribution in [0.5, 0.6) is 0 Å². The molecule has 0 aliphatic heterocycles. The molecule has 0 aromatic rings. The van der Waals surface area contributed by atoms with Gasteiger partial charge in [-0.1, -0.05) is 7.43 Å². The molecule has 0 unspecified atom stereocenters. The van der Waals surface area contributed by atoms with Gasteiger partial charge in [-0.15, -0.1) is 0 Å². The van der Waals surface area contributed by atoms with E-state index in [-0.39, 0.29) is 92.4 Å². The standard InChI is InChI=1S/CH4.Cr.Fe.Mo.Si.V/h1H4;;;;;. The van der Waals surface area contributed by atoms with Crippen LogP contribution in [0.15, 0.2) is 0 Å².